The molecule has 0 aliphatic carbocycles. The Labute approximate surface area is 161 Å². The van der Waals surface area contributed by atoms with E-state index in [1.165, 1.54) is 11.1 Å². The highest BCUT2D eigenvalue weighted by Gasteiger charge is 2.20. The van der Waals surface area contributed by atoms with Crippen molar-refractivity contribution >= 4 is 23.7 Å². The molecule has 3 nitrogen and oxygen atoms in total. The number of nitrogens with one attached hydrogen (secondary N) is 1. The lowest BCUT2D eigenvalue weighted by atomic mass is 9.80. The summed E-state index contributed by atoms with van der Waals surface area (Å²) in [6, 6.07) is 13.2. The summed E-state index contributed by atoms with van der Waals surface area (Å²) in [6.45, 7) is 13.2. The molecule has 0 fully saturated rings. The molecule has 0 aromatic heterocycles. The van der Waals surface area contributed by atoms with Crippen LogP contribution in [0.2, 0.25) is 5.02 Å². The van der Waals surface area contributed by atoms with Crippen molar-refractivity contribution in [3.63, 3.8) is 0 Å². The highest BCUT2D eigenvalue weighted by Crippen LogP contribution is 2.29. The molecular weight excluding hydrogens is 344 g/mol. The molecule has 1 amide bonds. The molecule has 0 saturated heterocycles. The maximum atomic E-state index is 12.1. The Morgan fingerprint density at radius 3 is 1.88 bits per heavy atom. The second-order valence-corrected chi connectivity index (χ2v) is 8.99. The standard InChI is InChI=1S/C22H27ClN2O/c1-21(2,3)17-11-15(12-18(13-17)22(4,5)6)14-24-25-20(26)16-7-9-19(23)10-8-16/h7-14H,1-6H3,(H,25,26)/b24-14+. The molecule has 0 bridgehead atoms. The van der Waals surface area contributed by atoms with E-state index in [0.717, 1.165) is 5.56 Å². The Hall–Kier alpha value is -2.13. The zero-order valence-corrected chi connectivity index (χ0v) is 17.1. The lowest BCUT2D eigenvalue weighted by molar-refractivity contribution is 0.0955. The quantitative estimate of drug-likeness (QED) is 0.546. The van der Waals surface area contributed by atoms with E-state index in [1.807, 2.05) is 0 Å². The predicted molar refractivity (Wildman–Crippen MR) is 110 cm³/mol. The molecule has 0 heterocycles. The largest absolute Gasteiger partial charge is 0.271 e. The van der Waals surface area contributed by atoms with Crippen LogP contribution in [0, 0.1) is 0 Å². The zero-order valence-electron chi connectivity index (χ0n) is 16.4. The second kappa shape index (κ2) is 7.63. The average molecular weight is 371 g/mol. The van der Waals surface area contributed by atoms with Gasteiger partial charge in [0.25, 0.3) is 5.91 Å². The molecule has 0 aliphatic rings. The number of hydrazone groups is 1. The van der Waals surface area contributed by atoms with E-state index in [1.54, 1.807) is 30.5 Å². The summed E-state index contributed by atoms with van der Waals surface area (Å²) in [7, 11) is 0. The van der Waals surface area contributed by atoms with Gasteiger partial charge in [0, 0.05) is 10.6 Å². The molecule has 2 rings (SSSR count). The van der Waals surface area contributed by atoms with E-state index in [-0.39, 0.29) is 16.7 Å². The normalized spacial score (nSPS) is 12.4. The number of hydrogen-bond donors (Lipinski definition) is 1. The average Bonchev–Trinajstić information content (AvgIpc) is 2.53. The topological polar surface area (TPSA) is 41.5 Å². The number of benzene rings is 2. The highest BCUT2D eigenvalue weighted by atomic mass is 35.5. The van der Waals surface area contributed by atoms with Gasteiger partial charge < -0.3 is 0 Å². The first-order valence-electron chi connectivity index (χ1n) is 8.72. The number of halogens is 1. The van der Waals surface area contributed by atoms with Crippen molar-refractivity contribution in [1.82, 2.24) is 5.43 Å². The van der Waals surface area contributed by atoms with Crippen LogP contribution in [0.1, 0.15) is 68.6 Å². The van der Waals surface area contributed by atoms with Crippen molar-refractivity contribution < 1.29 is 4.79 Å². The van der Waals surface area contributed by atoms with Crippen molar-refractivity contribution in [2.75, 3.05) is 0 Å². The van der Waals surface area contributed by atoms with Gasteiger partial charge in [-0.3, -0.25) is 4.79 Å². The van der Waals surface area contributed by atoms with Crippen molar-refractivity contribution in [3.05, 3.63) is 69.7 Å². The number of amides is 1. The number of carbonyl (C=O) groups is 1. The van der Waals surface area contributed by atoms with Gasteiger partial charge in [-0.05, 0) is 63.9 Å². The van der Waals surface area contributed by atoms with Gasteiger partial charge in [0.15, 0.2) is 0 Å². The minimum absolute atomic E-state index is 0.0381. The van der Waals surface area contributed by atoms with Gasteiger partial charge in [-0.2, -0.15) is 5.10 Å². The SMILES string of the molecule is CC(C)(C)c1cc(/C=N/NC(=O)c2ccc(Cl)cc2)cc(C(C)(C)C)c1. The van der Waals surface area contributed by atoms with Gasteiger partial charge in [0.05, 0.1) is 6.21 Å². The summed E-state index contributed by atoms with van der Waals surface area (Å²) in [6.07, 6.45) is 1.69. The third-order valence-corrected chi connectivity index (χ3v) is 4.43. The van der Waals surface area contributed by atoms with Crippen LogP contribution in [0.25, 0.3) is 0 Å². The molecule has 138 valence electrons. The lowest BCUT2D eigenvalue weighted by Crippen LogP contribution is -2.18. The molecule has 2 aromatic carbocycles. The van der Waals surface area contributed by atoms with E-state index >= 15 is 0 Å². The Morgan fingerprint density at radius 1 is 0.923 bits per heavy atom. The van der Waals surface area contributed by atoms with Crippen LogP contribution >= 0.6 is 11.6 Å². The van der Waals surface area contributed by atoms with Crippen LogP contribution in [0.15, 0.2) is 47.6 Å². The van der Waals surface area contributed by atoms with E-state index in [9.17, 15) is 4.79 Å². The molecule has 26 heavy (non-hydrogen) atoms. The highest BCUT2D eigenvalue weighted by molar-refractivity contribution is 6.30. The van der Waals surface area contributed by atoms with Crippen molar-refractivity contribution in [2.45, 2.75) is 52.4 Å². The third kappa shape index (κ3) is 5.43. The number of carbonyl (C=O) groups excluding carboxylic acids is 1. The molecule has 0 radical (unpaired) electrons. The molecule has 0 spiro atoms. The summed E-state index contributed by atoms with van der Waals surface area (Å²) in [5.41, 5.74) is 6.63. The molecule has 1 N–H and O–H groups in total. The summed E-state index contributed by atoms with van der Waals surface area (Å²) >= 11 is 5.84. The summed E-state index contributed by atoms with van der Waals surface area (Å²) in [5.74, 6) is -0.263. The van der Waals surface area contributed by atoms with Crippen molar-refractivity contribution in [1.29, 1.82) is 0 Å². The molecule has 2 aromatic rings. The van der Waals surface area contributed by atoms with Gasteiger partial charge >= 0.3 is 0 Å². The first-order chi connectivity index (χ1) is 12.0. The molecule has 4 heteroatoms. The fourth-order valence-corrected chi connectivity index (χ4v) is 2.55. The Morgan fingerprint density at radius 2 is 1.42 bits per heavy atom. The van der Waals surface area contributed by atoms with E-state index < -0.39 is 0 Å². The van der Waals surface area contributed by atoms with Crippen molar-refractivity contribution in [2.24, 2.45) is 5.10 Å². The maximum Gasteiger partial charge on any atom is 0.271 e. The number of hydrogen-bond acceptors (Lipinski definition) is 2. The monoisotopic (exact) mass is 370 g/mol. The molecule has 0 saturated carbocycles. The van der Waals surface area contributed by atoms with Gasteiger partial charge in [-0.1, -0.05) is 59.2 Å². The summed E-state index contributed by atoms with van der Waals surface area (Å²) in [4.78, 5) is 12.1. The van der Waals surface area contributed by atoms with E-state index in [0.29, 0.717) is 10.6 Å². The Kier molecular flexibility index (Phi) is 5.92. The van der Waals surface area contributed by atoms with Gasteiger partial charge in [0.1, 0.15) is 0 Å². The first-order valence-corrected chi connectivity index (χ1v) is 9.09. The second-order valence-electron chi connectivity index (χ2n) is 8.55. The molecule has 0 atom stereocenters. The van der Waals surface area contributed by atoms with Gasteiger partial charge in [-0.25, -0.2) is 5.43 Å². The van der Waals surface area contributed by atoms with Crippen LogP contribution in [-0.4, -0.2) is 12.1 Å². The Bertz CT molecular complexity index is 777. The smallest absolute Gasteiger partial charge is 0.267 e. The van der Waals surface area contributed by atoms with Gasteiger partial charge in [0.2, 0.25) is 0 Å². The van der Waals surface area contributed by atoms with Crippen LogP contribution in [-0.2, 0) is 10.8 Å². The first kappa shape index (κ1) is 20.2. The molecule has 0 unspecified atom stereocenters. The third-order valence-electron chi connectivity index (χ3n) is 4.17. The zero-order chi connectivity index (χ0) is 19.5. The molecule has 0 aliphatic heterocycles. The maximum absolute atomic E-state index is 12.1. The predicted octanol–water partition coefficient (Wildman–Crippen LogP) is 5.70. The fourth-order valence-electron chi connectivity index (χ4n) is 2.42. The van der Waals surface area contributed by atoms with Crippen LogP contribution in [0.4, 0.5) is 0 Å². The summed E-state index contributed by atoms with van der Waals surface area (Å²) < 4.78 is 0. The van der Waals surface area contributed by atoms with E-state index in [4.69, 9.17) is 11.6 Å². The van der Waals surface area contributed by atoms with Crippen LogP contribution in [0.3, 0.4) is 0 Å². The van der Waals surface area contributed by atoms with E-state index in [2.05, 4.69) is 70.3 Å². The van der Waals surface area contributed by atoms with Crippen molar-refractivity contribution in [3.8, 4) is 0 Å². The fraction of sp³-hybridized carbons (Fsp3) is 0.364. The Balaban J connectivity index is 2.23. The summed E-state index contributed by atoms with van der Waals surface area (Å²) in [5, 5.41) is 4.73. The minimum atomic E-state index is -0.263. The van der Waals surface area contributed by atoms with Crippen LogP contribution < -0.4 is 5.43 Å². The minimum Gasteiger partial charge on any atom is -0.267 e. The van der Waals surface area contributed by atoms with Crippen LogP contribution in [0.5, 0.6) is 0 Å². The lowest BCUT2D eigenvalue weighted by Gasteiger charge is -2.25. The van der Waals surface area contributed by atoms with Gasteiger partial charge in [-0.15, -0.1) is 0 Å². The number of nitrogens with zero attached hydrogens (tertiary/aromatic N) is 1. The molecular formula is C22H27ClN2O. The number of rotatable bonds is 3.